The molecule has 1 aliphatic rings. The monoisotopic (exact) mass is 373 g/mol. The van der Waals surface area contributed by atoms with Gasteiger partial charge in [-0.15, -0.1) is 11.3 Å². The Hall–Kier alpha value is -0.790. The minimum Gasteiger partial charge on any atom is -0.486 e. The Bertz CT molecular complexity index is 570. The van der Waals surface area contributed by atoms with E-state index in [2.05, 4.69) is 34.0 Å². The van der Waals surface area contributed by atoms with Crippen molar-refractivity contribution >= 4 is 33.9 Å². The van der Waals surface area contributed by atoms with Crippen LogP contribution in [0.15, 0.2) is 29.6 Å². The van der Waals surface area contributed by atoms with Crippen LogP contribution in [0.4, 0.5) is 0 Å². The molecule has 94 valence electrons. The van der Waals surface area contributed by atoms with Crippen LogP contribution in [0.2, 0.25) is 0 Å². The van der Waals surface area contributed by atoms with E-state index in [1.54, 1.807) is 11.3 Å². The van der Waals surface area contributed by atoms with Crippen molar-refractivity contribution in [1.29, 1.82) is 0 Å². The average Bonchev–Trinajstić information content (AvgIpc) is 2.84. The summed E-state index contributed by atoms with van der Waals surface area (Å²) in [4.78, 5) is 0. The number of benzene rings is 1. The van der Waals surface area contributed by atoms with E-state index in [-0.39, 0.29) is 6.04 Å². The van der Waals surface area contributed by atoms with E-state index in [1.807, 2.05) is 18.2 Å². The fourth-order valence-electron chi connectivity index (χ4n) is 1.93. The molecular weight excluding hydrogens is 361 g/mol. The minimum absolute atomic E-state index is 0.111. The van der Waals surface area contributed by atoms with Crippen molar-refractivity contribution in [2.24, 2.45) is 5.73 Å². The lowest BCUT2D eigenvalue weighted by atomic mass is 10.0. The third kappa shape index (κ3) is 2.34. The maximum Gasteiger partial charge on any atom is 0.161 e. The van der Waals surface area contributed by atoms with Gasteiger partial charge < -0.3 is 15.2 Å². The van der Waals surface area contributed by atoms with Gasteiger partial charge in [-0.3, -0.25) is 0 Å². The first-order valence-corrected chi connectivity index (χ1v) is 7.59. The standard InChI is InChI=1S/C13H12INO2S/c14-12-6-9(7-18-12)13(15)8-1-2-10-11(5-8)17-4-3-16-10/h1-2,5-7,13H,3-4,15H2. The summed E-state index contributed by atoms with van der Waals surface area (Å²) in [5, 5.41) is 2.10. The molecule has 2 aromatic rings. The fraction of sp³-hybridized carbons (Fsp3) is 0.231. The first kappa shape index (κ1) is 12.3. The second-order valence-corrected chi connectivity index (χ2v) is 6.87. The van der Waals surface area contributed by atoms with E-state index in [4.69, 9.17) is 15.2 Å². The molecule has 3 rings (SSSR count). The van der Waals surface area contributed by atoms with Gasteiger partial charge in [0.1, 0.15) is 13.2 Å². The molecule has 1 unspecified atom stereocenters. The Morgan fingerprint density at radius 2 is 1.89 bits per heavy atom. The van der Waals surface area contributed by atoms with Crippen LogP contribution in [-0.2, 0) is 0 Å². The fourth-order valence-corrected chi connectivity index (χ4v) is 3.34. The Kier molecular flexibility index (Phi) is 3.45. The molecule has 2 heterocycles. The van der Waals surface area contributed by atoms with Gasteiger partial charge in [0, 0.05) is 0 Å². The number of halogens is 1. The lowest BCUT2D eigenvalue weighted by Crippen LogP contribution is -2.17. The Morgan fingerprint density at radius 3 is 2.61 bits per heavy atom. The zero-order valence-corrected chi connectivity index (χ0v) is 12.5. The van der Waals surface area contributed by atoms with Gasteiger partial charge >= 0.3 is 0 Å². The number of nitrogens with two attached hydrogens (primary N) is 1. The van der Waals surface area contributed by atoms with Crippen molar-refractivity contribution in [3.05, 3.63) is 43.7 Å². The van der Waals surface area contributed by atoms with Gasteiger partial charge in [0.25, 0.3) is 0 Å². The van der Waals surface area contributed by atoms with Gasteiger partial charge in [0.05, 0.1) is 8.93 Å². The molecule has 0 spiro atoms. The highest BCUT2D eigenvalue weighted by atomic mass is 127. The van der Waals surface area contributed by atoms with Crippen molar-refractivity contribution in [3.8, 4) is 11.5 Å². The summed E-state index contributed by atoms with van der Waals surface area (Å²) in [5.41, 5.74) is 8.46. The van der Waals surface area contributed by atoms with Gasteiger partial charge in [0.2, 0.25) is 0 Å². The second-order valence-electron chi connectivity index (χ2n) is 4.06. The first-order valence-electron chi connectivity index (χ1n) is 5.63. The minimum atomic E-state index is -0.111. The van der Waals surface area contributed by atoms with Crippen molar-refractivity contribution in [3.63, 3.8) is 0 Å². The number of ether oxygens (including phenoxy) is 2. The van der Waals surface area contributed by atoms with E-state index in [1.165, 1.54) is 2.88 Å². The van der Waals surface area contributed by atoms with Crippen LogP contribution in [0.1, 0.15) is 17.2 Å². The number of hydrogen-bond donors (Lipinski definition) is 1. The highest BCUT2D eigenvalue weighted by molar-refractivity contribution is 14.1. The molecule has 0 fully saturated rings. The van der Waals surface area contributed by atoms with Gasteiger partial charge in [-0.1, -0.05) is 6.07 Å². The predicted octanol–water partition coefficient (Wildman–Crippen LogP) is 3.17. The Labute approximate surface area is 123 Å². The molecule has 0 aliphatic carbocycles. The van der Waals surface area contributed by atoms with Crippen LogP contribution in [0.25, 0.3) is 0 Å². The van der Waals surface area contributed by atoms with Crippen LogP contribution in [-0.4, -0.2) is 13.2 Å². The maximum absolute atomic E-state index is 6.27. The summed E-state index contributed by atoms with van der Waals surface area (Å²) in [7, 11) is 0. The molecule has 1 atom stereocenters. The second kappa shape index (κ2) is 5.07. The number of fused-ring (bicyclic) bond motifs is 1. The summed E-state index contributed by atoms with van der Waals surface area (Å²) in [6.45, 7) is 1.21. The Morgan fingerprint density at radius 1 is 1.11 bits per heavy atom. The zero-order chi connectivity index (χ0) is 12.5. The van der Waals surface area contributed by atoms with Crippen molar-refractivity contribution < 1.29 is 9.47 Å². The molecule has 0 amide bonds. The molecule has 3 nitrogen and oxygen atoms in total. The molecule has 18 heavy (non-hydrogen) atoms. The van der Waals surface area contributed by atoms with E-state index in [0.29, 0.717) is 13.2 Å². The van der Waals surface area contributed by atoms with E-state index in [9.17, 15) is 0 Å². The van der Waals surface area contributed by atoms with Gasteiger partial charge in [-0.2, -0.15) is 0 Å². The first-order chi connectivity index (χ1) is 8.74. The van der Waals surface area contributed by atoms with E-state index in [0.717, 1.165) is 22.6 Å². The van der Waals surface area contributed by atoms with Crippen LogP contribution in [0, 0.1) is 2.88 Å². The van der Waals surface area contributed by atoms with E-state index < -0.39 is 0 Å². The topological polar surface area (TPSA) is 44.5 Å². The molecule has 0 saturated heterocycles. The largest absolute Gasteiger partial charge is 0.486 e. The van der Waals surface area contributed by atoms with Gasteiger partial charge in [0.15, 0.2) is 11.5 Å². The molecule has 2 N–H and O–H groups in total. The van der Waals surface area contributed by atoms with Crippen LogP contribution in [0.5, 0.6) is 11.5 Å². The molecule has 0 bridgehead atoms. The number of thiophene rings is 1. The molecular formula is C13H12INO2S. The summed E-state index contributed by atoms with van der Waals surface area (Å²) in [6, 6.07) is 7.92. The molecule has 5 heteroatoms. The quantitative estimate of drug-likeness (QED) is 0.823. The number of rotatable bonds is 2. The molecule has 0 saturated carbocycles. The van der Waals surface area contributed by atoms with E-state index >= 15 is 0 Å². The lowest BCUT2D eigenvalue weighted by molar-refractivity contribution is 0.171. The van der Waals surface area contributed by atoms with Gasteiger partial charge in [-0.25, -0.2) is 0 Å². The third-order valence-corrected chi connectivity index (χ3v) is 4.68. The maximum atomic E-state index is 6.27. The highest BCUT2D eigenvalue weighted by Crippen LogP contribution is 2.34. The van der Waals surface area contributed by atoms with Crippen LogP contribution < -0.4 is 15.2 Å². The summed E-state index contributed by atoms with van der Waals surface area (Å²) >= 11 is 4.01. The van der Waals surface area contributed by atoms with Gasteiger partial charge in [-0.05, 0) is 57.3 Å². The van der Waals surface area contributed by atoms with Crippen molar-refractivity contribution in [2.45, 2.75) is 6.04 Å². The summed E-state index contributed by atoms with van der Waals surface area (Å²) in [6.07, 6.45) is 0. The van der Waals surface area contributed by atoms with Crippen molar-refractivity contribution in [2.75, 3.05) is 13.2 Å². The van der Waals surface area contributed by atoms with Crippen LogP contribution in [0.3, 0.4) is 0 Å². The number of hydrogen-bond acceptors (Lipinski definition) is 4. The molecule has 1 aromatic heterocycles. The van der Waals surface area contributed by atoms with Crippen molar-refractivity contribution in [1.82, 2.24) is 0 Å². The molecule has 0 radical (unpaired) electrons. The lowest BCUT2D eigenvalue weighted by Gasteiger charge is -2.20. The summed E-state index contributed by atoms with van der Waals surface area (Å²) in [5.74, 6) is 1.59. The molecule has 1 aromatic carbocycles. The highest BCUT2D eigenvalue weighted by Gasteiger charge is 2.16. The zero-order valence-electron chi connectivity index (χ0n) is 9.56. The Balaban J connectivity index is 1.92. The normalized spacial score (nSPS) is 15.4. The molecule has 1 aliphatic heterocycles. The van der Waals surface area contributed by atoms with Crippen LogP contribution >= 0.6 is 33.9 Å². The SMILES string of the molecule is NC(c1csc(I)c1)c1ccc2c(c1)OCCO2. The predicted molar refractivity (Wildman–Crippen MR) is 80.5 cm³/mol. The third-order valence-electron chi connectivity index (χ3n) is 2.87. The summed E-state index contributed by atoms with van der Waals surface area (Å²) < 4.78 is 12.3. The smallest absolute Gasteiger partial charge is 0.161 e. The average molecular weight is 373 g/mol.